The van der Waals surface area contributed by atoms with E-state index in [1.165, 1.54) is 73.3 Å². The summed E-state index contributed by atoms with van der Waals surface area (Å²) in [7, 11) is -8.36. The Balaban J connectivity index is 0.000000227. The van der Waals surface area contributed by atoms with Crippen molar-refractivity contribution in [3.8, 4) is 45.9 Å². The Hall–Kier alpha value is -8.23. The summed E-state index contributed by atoms with van der Waals surface area (Å²) in [5.74, 6) is 0. The second-order valence-electron chi connectivity index (χ2n) is 17.6. The van der Waals surface area contributed by atoms with Crippen LogP contribution in [0.3, 0.4) is 0 Å². The molecule has 8 rings (SSSR count). The second kappa shape index (κ2) is 23.3. The van der Waals surface area contributed by atoms with Gasteiger partial charge in [0, 0.05) is 42.5 Å². The summed E-state index contributed by atoms with van der Waals surface area (Å²) in [6, 6.07) is 29.4. The van der Waals surface area contributed by atoms with Gasteiger partial charge in [0.25, 0.3) is 10.0 Å². The number of benzene rings is 4. The first kappa shape index (κ1) is 56.5. The number of ether oxygens (including phenoxy) is 3. The molecule has 26 heteroatoms. The Morgan fingerprint density at radius 2 is 0.987 bits per heavy atom. The summed E-state index contributed by atoms with van der Waals surface area (Å²) in [5.41, 5.74) is 0.597. The molecule has 77 heavy (non-hydrogen) atoms. The van der Waals surface area contributed by atoms with E-state index in [0.29, 0.717) is 15.4 Å². The minimum absolute atomic E-state index is 0.00867. The summed E-state index contributed by atoms with van der Waals surface area (Å²) < 4.78 is 154. The van der Waals surface area contributed by atoms with Crippen LogP contribution in [0, 0.1) is 13.8 Å². The fourth-order valence-electron chi connectivity index (χ4n) is 6.91. The number of alkyl halides is 6. The van der Waals surface area contributed by atoms with E-state index in [2.05, 4.69) is 34.9 Å². The van der Waals surface area contributed by atoms with Crippen molar-refractivity contribution in [1.29, 1.82) is 0 Å². The number of hydrogen-bond donors (Lipinski definition) is 1. The van der Waals surface area contributed by atoms with E-state index in [9.17, 15) is 48.0 Å². The number of rotatable bonds is 16. The van der Waals surface area contributed by atoms with Crippen LogP contribution in [0.5, 0.6) is 12.0 Å². The molecule has 8 aromatic rings. The molecule has 404 valence electrons. The van der Waals surface area contributed by atoms with Crippen molar-refractivity contribution in [3.05, 3.63) is 169 Å². The van der Waals surface area contributed by atoms with E-state index in [4.69, 9.17) is 14.2 Å². The lowest BCUT2D eigenvalue weighted by atomic mass is 10.1. The van der Waals surface area contributed by atoms with Crippen LogP contribution < -0.4 is 14.2 Å². The smallest absolute Gasteiger partial charge is 0.435 e. The van der Waals surface area contributed by atoms with Crippen LogP contribution in [-0.4, -0.2) is 98.6 Å². The Labute approximate surface area is 438 Å². The van der Waals surface area contributed by atoms with Crippen LogP contribution in [0.2, 0.25) is 0 Å². The van der Waals surface area contributed by atoms with Crippen LogP contribution >= 0.6 is 0 Å². The summed E-state index contributed by atoms with van der Waals surface area (Å²) in [5, 5.41) is 7.47. The molecule has 1 amide bonds. The number of carbonyl (C=O) groups is 1. The van der Waals surface area contributed by atoms with Crippen molar-refractivity contribution in [1.82, 2.24) is 48.5 Å². The number of carbonyl (C=O) groups excluding carboxylic acids is 1. The Bertz CT molecular complexity index is 3490. The molecule has 4 aromatic carbocycles. The zero-order valence-electron chi connectivity index (χ0n) is 41.6. The van der Waals surface area contributed by atoms with Crippen LogP contribution in [0.25, 0.3) is 33.9 Å². The van der Waals surface area contributed by atoms with E-state index in [0.717, 1.165) is 32.6 Å². The van der Waals surface area contributed by atoms with Gasteiger partial charge >= 0.3 is 30.5 Å². The summed E-state index contributed by atoms with van der Waals surface area (Å²) in [4.78, 5) is 28.1. The Morgan fingerprint density at radius 1 is 0.584 bits per heavy atom. The highest BCUT2D eigenvalue weighted by Gasteiger charge is 2.37. The molecule has 0 radical (unpaired) electrons. The van der Waals surface area contributed by atoms with Crippen molar-refractivity contribution in [2.75, 3.05) is 26.3 Å². The molecule has 1 N–H and O–H groups in total. The third-order valence-electron chi connectivity index (χ3n) is 10.6. The van der Waals surface area contributed by atoms with E-state index in [-0.39, 0.29) is 64.3 Å². The first-order valence-electron chi connectivity index (χ1n) is 23.0. The lowest BCUT2D eigenvalue weighted by Crippen LogP contribution is -2.42. The van der Waals surface area contributed by atoms with E-state index < -0.39 is 62.0 Å². The minimum Gasteiger partial charge on any atom is -0.462 e. The van der Waals surface area contributed by atoms with Crippen molar-refractivity contribution in [2.24, 2.45) is 0 Å². The van der Waals surface area contributed by atoms with Gasteiger partial charge in [0.2, 0.25) is 10.0 Å². The molecule has 4 heterocycles. The van der Waals surface area contributed by atoms with Crippen molar-refractivity contribution < 1.29 is 62.2 Å². The molecule has 0 unspecified atom stereocenters. The number of aryl methyl sites for hydroxylation is 2. The molecule has 0 aliphatic rings. The van der Waals surface area contributed by atoms with Gasteiger partial charge in [-0.05, 0) is 107 Å². The highest BCUT2D eigenvalue weighted by molar-refractivity contribution is 7.89. The van der Waals surface area contributed by atoms with E-state index >= 15 is 0 Å². The zero-order valence-corrected chi connectivity index (χ0v) is 43.2. The molecule has 0 bridgehead atoms. The van der Waals surface area contributed by atoms with Gasteiger partial charge in [-0.1, -0.05) is 59.7 Å². The normalized spacial score (nSPS) is 12.1. The SMILES string of the molecule is Cc1ccc(-c2cc(C(F)(F)F)nn2-c2ccc(S(=O)(=O)N(CCOc3ncccn3)C(=O)OC(C)(C)C)cc2)cc1.Cc1ccc(-c2cc(C(F)(F)F)nn2-c2ccc(S(=O)(=O)NCCOc3ncccn3)cc2)cc1. The van der Waals surface area contributed by atoms with Crippen LogP contribution in [0.1, 0.15) is 43.3 Å². The zero-order chi connectivity index (χ0) is 55.8. The first-order valence-corrected chi connectivity index (χ1v) is 26.0. The van der Waals surface area contributed by atoms with E-state index in [1.54, 1.807) is 81.4 Å². The number of aromatic nitrogens is 8. The number of hydrogen-bond acceptors (Lipinski definition) is 14. The van der Waals surface area contributed by atoms with Gasteiger partial charge < -0.3 is 14.2 Å². The summed E-state index contributed by atoms with van der Waals surface area (Å²) >= 11 is 0. The second-order valence-corrected chi connectivity index (χ2v) is 21.2. The topological polar surface area (TPSA) is 216 Å². The maximum absolute atomic E-state index is 13.6. The lowest BCUT2D eigenvalue weighted by molar-refractivity contribution is -0.142. The number of nitrogens with one attached hydrogen (secondary N) is 1. The predicted molar refractivity (Wildman–Crippen MR) is 268 cm³/mol. The number of nitrogens with zero attached hydrogens (tertiary/aromatic N) is 9. The molecule has 4 aromatic heterocycles. The number of halogens is 6. The molecule has 0 saturated carbocycles. The number of sulfonamides is 2. The van der Waals surface area contributed by atoms with Crippen molar-refractivity contribution in [3.63, 3.8) is 0 Å². The first-order chi connectivity index (χ1) is 36.3. The lowest BCUT2D eigenvalue weighted by Gasteiger charge is -2.27. The van der Waals surface area contributed by atoms with Crippen LogP contribution in [0.4, 0.5) is 31.1 Å². The van der Waals surface area contributed by atoms with Gasteiger partial charge in [-0.15, -0.1) is 0 Å². The molecule has 18 nitrogen and oxygen atoms in total. The minimum atomic E-state index is -4.70. The van der Waals surface area contributed by atoms with Gasteiger partial charge in [-0.25, -0.2) is 55.7 Å². The third-order valence-corrected chi connectivity index (χ3v) is 13.8. The largest absolute Gasteiger partial charge is 0.462 e. The van der Waals surface area contributed by atoms with Crippen LogP contribution in [0.15, 0.2) is 156 Å². The Kier molecular flexibility index (Phi) is 17.1. The molecule has 0 saturated heterocycles. The Morgan fingerprint density at radius 3 is 1.39 bits per heavy atom. The van der Waals surface area contributed by atoms with Gasteiger partial charge in [0.15, 0.2) is 11.4 Å². The van der Waals surface area contributed by atoms with E-state index in [1.807, 2.05) is 13.8 Å². The maximum Gasteiger partial charge on any atom is 0.435 e. The average Bonchev–Trinajstić information content (AvgIpc) is 4.05. The molecular weight excluding hydrogens is 1060 g/mol. The monoisotopic (exact) mass is 1110 g/mol. The van der Waals surface area contributed by atoms with Gasteiger partial charge in [0.1, 0.15) is 18.8 Å². The van der Waals surface area contributed by atoms with Crippen molar-refractivity contribution >= 4 is 26.1 Å². The van der Waals surface area contributed by atoms with Crippen LogP contribution in [-0.2, 0) is 37.1 Å². The third kappa shape index (κ3) is 14.8. The molecule has 0 aliphatic carbocycles. The maximum atomic E-state index is 13.6. The quantitative estimate of drug-likeness (QED) is 0.0704. The molecule has 0 atom stereocenters. The number of amides is 1. The summed E-state index contributed by atoms with van der Waals surface area (Å²) in [6.07, 6.45) is -4.60. The standard InChI is InChI=1S/C28H28F3N5O5S.C23H20F3N5O3S/c1-19-6-8-20(9-7-19)23-18-24(28(29,30)31)34-36(23)21-10-12-22(13-11-21)42(38,39)35(26(37)41-27(2,3)4)16-17-40-25-32-14-5-15-33-25;1-16-3-5-17(6-4-16)20-15-21(23(24,25)26)30-31(20)18-7-9-19(10-8-18)35(32,33)29-13-14-34-22-27-11-2-12-28-22/h5-15,18H,16-17H2,1-4H3;2-12,15,29H,13-14H2,1H3. The molecular formula is C51H48F6N10O8S2. The van der Waals surface area contributed by atoms with Gasteiger partial charge in [0.05, 0.1) is 39.1 Å². The molecule has 0 aliphatic heterocycles. The highest BCUT2D eigenvalue weighted by atomic mass is 32.2. The van der Waals surface area contributed by atoms with Gasteiger partial charge in [-0.3, -0.25) is 0 Å². The molecule has 0 fully saturated rings. The van der Waals surface area contributed by atoms with Gasteiger partial charge in [-0.2, -0.15) is 40.8 Å². The fourth-order valence-corrected chi connectivity index (χ4v) is 9.21. The molecule has 0 spiro atoms. The highest BCUT2D eigenvalue weighted by Crippen LogP contribution is 2.35. The fraction of sp³-hybridized carbons (Fsp3) is 0.235. The summed E-state index contributed by atoms with van der Waals surface area (Å²) in [6.45, 7) is 7.76. The van der Waals surface area contributed by atoms with Crippen molar-refractivity contribution in [2.45, 2.75) is 62.4 Å². The average molecular weight is 1110 g/mol. The predicted octanol–water partition coefficient (Wildman–Crippen LogP) is 9.68.